The van der Waals surface area contributed by atoms with Gasteiger partial charge in [-0.1, -0.05) is 44.2 Å². The number of nitrogens with one attached hydrogen (secondary N) is 1. The summed E-state index contributed by atoms with van der Waals surface area (Å²) in [7, 11) is 0. The quantitative estimate of drug-likeness (QED) is 0.819. The van der Waals surface area contributed by atoms with Gasteiger partial charge < -0.3 is 10.4 Å². The van der Waals surface area contributed by atoms with Crippen molar-refractivity contribution in [3.63, 3.8) is 0 Å². The molecule has 0 amide bonds. The van der Waals surface area contributed by atoms with Crippen LogP contribution >= 0.6 is 0 Å². The smallest absolute Gasteiger partial charge is 0.164 e. The number of fused-ring (bicyclic) bond motifs is 2. The molecule has 3 heteroatoms. The molecule has 2 bridgehead atoms. The second-order valence-corrected chi connectivity index (χ2v) is 7.12. The van der Waals surface area contributed by atoms with Gasteiger partial charge in [0.15, 0.2) is 5.78 Å². The molecule has 2 fully saturated rings. The van der Waals surface area contributed by atoms with Gasteiger partial charge in [-0.25, -0.2) is 0 Å². The minimum atomic E-state index is -0.259. The van der Waals surface area contributed by atoms with Gasteiger partial charge in [0.1, 0.15) is 0 Å². The number of carbonyl (C=O) groups excluding carboxylic acids is 1. The lowest BCUT2D eigenvalue weighted by molar-refractivity contribution is 0.0705. The summed E-state index contributed by atoms with van der Waals surface area (Å²) in [5, 5.41) is 13.9. The summed E-state index contributed by atoms with van der Waals surface area (Å²) >= 11 is 0. The number of hydrogen-bond acceptors (Lipinski definition) is 3. The zero-order valence-electron chi connectivity index (χ0n) is 12.9. The molecule has 1 aromatic carbocycles. The number of aliphatic hydroxyl groups excluding tert-OH is 1. The van der Waals surface area contributed by atoms with Crippen molar-refractivity contribution in [2.75, 3.05) is 6.54 Å². The van der Waals surface area contributed by atoms with Crippen molar-refractivity contribution in [1.82, 2.24) is 5.32 Å². The van der Waals surface area contributed by atoms with E-state index in [1.54, 1.807) is 0 Å². The molecule has 2 aliphatic rings. The Morgan fingerprint density at radius 3 is 2.52 bits per heavy atom. The average Bonchev–Trinajstić information content (AvgIpc) is 2.87. The highest BCUT2D eigenvalue weighted by Crippen LogP contribution is 2.57. The van der Waals surface area contributed by atoms with E-state index in [2.05, 4.69) is 19.2 Å². The first kappa shape index (κ1) is 14.7. The van der Waals surface area contributed by atoms with Crippen molar-refractivity contribution < 1.29 is 9.90 Å². The van der Waals surface area contributed by atoms with Crippen LogP contribution in [-0.4, -0.2) is 29.6 Å². The monoisotopic (exact) mass is 287 g/mol. The molecule has 4 unspecified atom stereocenters. The van der Waals surface area contributed by atoms with Gasteiger partial charge in [0.25, 0.3) is 0 Å². The number of rotatable bonds is 5. The Morgan fingerprint density at radius 1 is 1.24 bits per heavy atom. The van der Waals surface area contributed by atoms with E-state index in [1.807, 2.05) is 30.3 Å². The van der Waals surface area contributed by atoms with E-state index in [9.17, 15) is 9.90 Å². The molecular formula is C18H25NO2. The van der Waals surface area contributed by atoms with Crippen LogP contribution in [-0.2, 0) is 0 Å². The van der Waals surface area contributed by atoms with Crippen LogP contribution in [0, 0.1) is 17.3 Å². The number of ketones is 1. The standard InChI is InChI=1S/C18H25NO2/c1-18(2)13-8-9-14(18)17(21)16(13)19-11-10-15(20)12-6-4-3-5-7-12/h3-7,13-14,16-17,19,21H,8-11H2,1-2H3. The predicted molar refractivity (Wildman–Crippen MR) is 83.2 cm³/mol. The molecule has 0 saturated heterocycles. The Kier molecular flexibility index (Phi) is 3.89. The maximum atomic E-state index is 12.1. The fourth-order valence-electron chi connectivity index (χ4n) is 4.50. The summed E-state index contributed by atoms with van der Waals surface area (Å²) in [6.45, 7) is 5.19. The van der Waals surface area contributed by atoms with E-state index in [1.165, 1.54) is 6.42 Å². The third-order valence-corrected chi connectivity index (χ3v) is 5.74. The minimum absolute atomic E-state index is 0.155. The van der Waals surface area contributed by atoms with Gasteiger partial charge in [0.05, 0.1) is 6.10 Å². The molecule has 21 heavy (non-hydrogen) atoms. The molecule has 1 aromatic rings. The topological polar surface area (TPSA) is 49.3 Å². The van der Waals surface area contributed by atoms with Crippen LogP contribution in [0.1, 0.15) is 43.5 Å². The second kappa shape index (κ2) is 5.54. The normalized spacial score (nSPS) is 33.3. The number of benzene rings is 1. The van der Waals surface area contributed by atoms with Crippen LogP contribution in [0.25, 0.3) is 0 Å². The second-order valence-electron chi connectivity index (χ2n) is 7.12. The average molecular weight is 287 g/mol. The minimum Gasteiger partial charge on any atom is -0.391 e. The zero-order valence-corrected chi connectivity index (χ0v) is 12.9. The van der Waals surface area contributed by atoms with E-state index >= 15 is 0 Å². The van der Waals surface area contributed by atoms with Crippen LogP contribution in [0.15, 0.2) is 30.3 Å². The van der Waals surface area contributed by atoms with Gasteiger partial charge >= 0.3 is 0 Å². The molecule has 2 aliphatic carbocycles. The van der Waals surface area contributed by atoms with Gasteiger partial charge in [-0.3, -0.25) is 4.79 Å². The first-order valence-electron chi connectivity index (χ1n) is 8.01. The summed E-state index contributed by atoms with van der Waals surface area (Å²) in [5.41, 5.74) is 0.994. The van der Waals surface area contributed by atoms with Crippen molar-refractivity contribution >= 4 is 5.78 Å². The Morgan fingerprint density at radius 2 is 1.90 bits per heavy atom. The first-order valence-corrected chi connectivity index (χ1v) is 8.01. The fraction of sp³-hybridized carbons (Fsp3) is 0.611. The van der Waals surface area contributed by atoms with Gasteiger partial charge in [0.2, 0.25) is 0 Å². The van der Waals surface area contributed by atoms with Gasteiger partial charge in [-0.15, -0.1) is 0 Å². The predicted octanol–water partition coefficient (Wildman–Crippen LogP) is 2.64. The maximum absolute atomic E-state index is 12.1. The largest absolute Gasteiger partial charge is 0.391 e. The highest BCUT2D eigenvalue weighted by Gasteiger charge is 2.58. The molecule has 0 heterocycles. The lowest BCUT2D eigenvalue weighted by Gasteiger charge is -2.28. The van der Waals surface area contributed by atoms with E-state index in [0.717, 1.165) is 12.0 Å². The van der Waals surface area contributed by atoms with E-state index in [-0.39, 0.29) is 23.3 Å². The van der Waals surface area contributed by atoms with Gasteiger partial charge in [-0.05, 0) is 30.1 Å². The van der Waals surface area contributed by atoms with Crippen molar-refractivity contribution in [2.24, 2.45) is 17.3 Å². The molecule has 0 radical (unpaired) electrons. The SMILES string of the molecule is CC1(C)C2CCC1C(NCCC(=O)c1ccccc1)C2O. The molecule has 0 spiro atoms. The highest BCUT2D eigenvalue weighted by atomic mass is 16.3. The summed E-state index contributed by atoms with van der Waals surface area (Å²) in [6, 6.07) is 9.58. The molecule has 2 saturated carbocycles. The van der Waals surface area contributed by atoms with E-state index in [4.69, 9.17) is 0 Å². The molecule has 0 aliphatic heterocycles. The van der Waals surface area contributed by atoms with Crippen molar-refractivity contribution in [1.29, 1.82) is 0 Å². The number of aliphatic hydroxyl groups is 1. The zero-order chi connectivity index (χ0) is 15.0. The third-order valence-electron chi connectivity index (χ3n) is 5.74. The third kappa shape index (κ3) is 2.53. The molecular weight excluding hydrogens is 262 g/mol. The maximum Gasteiger partial charge on any atom is 0.164 e. The van der Waals surface area contributed by atoms with Crippen LogP contribution < -0.4 is 5.32 Å². The number of Topliss-reactive ketones (excluding diaryl/α,β-unsaturated/α-hetero) is 1. The van der Waals surface area contributed by atoms with Crippen LogP contribution in [0.2, 0.25) is 0 Å². The van der Waals surface area contributed by atoms with Gasteiger partial charge in [-0.2, -0.15) is 0 Å². The molecule has 3 nitrogen and oxygen atoms in total. The van der Waals surface area contributed by atoms with E-state index < -0.39 is 0 Å². The van der Waals surface area contributed by atoms with Crippen LogP contribution in [0.5, 0.6) is 0 Å². The Balaban J connectivity index is 1.54. The summed E-state index contributed by atoms with van der Waals surface area (Å²) in [5.74, 6) is 1.11. The highest BCUT2D eigenvalue weighted by molar-refractivity contribution is 5.96. The molecule has 0 aromatic heterocycles. The first-order chi connectivity index (χ1) is 10.0. The molecule has 114 valence electrons. The Hall–Kier alpha value is -1.19. The lowest BCUT2D eigenvalue weighted by Crippen LogP contribution is -2.44. The van der Waals surface area contributed by atoms with Crippen molar-refractivity contribution in [3.8, 4) is 0 Å². The summed E-state index contributed by atoms with van der Waals surface area (Å²) in [6.07, 6.45) is 2.56. The van der Waals surface area contributed by atoms with Crippen LogP contribution in [0.4, 0.5) is 0 Å². The number of hydrogen-bond donors (Lipinski definition) is 2. The molecule has 3 rings (SSSR count). The molecule has 2 N–H and O–H groups in total. The Labute approximate surface area is 126 Å². The van der Waals surface area contributed by atoms with Crippen molar-refractivity contribution in [2.45, 2.75) is 45.3 Å². The van der Waals surface area contributed by atoms with Crippen LogP contribution in [0.3, 0.4) is 0 Å². The lowest BCUT2D eigenvalue weighted by atomic mass is 9.81. The molecule has 4 atom stereocenters. The summed E-state index contributed by atoms with van der Waals surface area (Å²) < 4.78 is 0. The number of carbonyl (C=O) groups is 1. The van der Waals surface area contributed by atoms with Gasteiger partial charge in [0, 0.05) is 24.6 Å². The Bertz CT molecular complexity index is 511. The van der Waals surface area contributed by atoms with Crippen molar-refractivity contribution in [3.05, 3.63) is 35.9 Å². The summed E-state index contributed by atoms with van der Waals surface area (Å²) in [4.78, 5) is 12.1. The fourth-order valence-corrected chi connectivity index (χ4v) is 4.50. The van der Waals surface area contributed by atoms with E-state index in [0.29, 0.717) is 24.8 Å².